The fourth-order valence-corrected chi connectivity index (χ4v) is 6.26. The molecule has 0 saturated carbocycles. The summed E-state index contributed by atoms with van der Waals surface area (Å²) in [6.45, 7) is 2.37. The van der Waals surface area contributed by atoms with Gasteiger partial charge in [-0.3, -0.25) is 4.79 Å². The number of methoxy groups -OCH3 is 1. The van der Waals surface area contributed by atoms with Gasteiger partial charge in [-0.15, -0.1) is 0 Å². The molecule has 0 spiro atoms. The molecule has 0 N–H and O–H groups in total. The van der Waals surface area contributed by atoms with Crippen LogP contribution in [0.15, 0.2) is 121 Å². The van der Waals surface area contributed by atoms with E-state index in [1.165, 1.54) is 7.11 Å². The van der Waals surface area contributed by atoms with E-state index >= 15 is 0 Å². The Morgan fingerprint density at radius 3 is 1.48 bits per heavy atom. The molecule has 4 aromatic carbocycles. The molecule has 0 unspecified atom stereocenters. The van der Waals surface area contributed by atoms with E-state index in [-0.39, 0.29) is 12.6 Å². The number of ether oxygens (including phenoxy) is 7. The summed E-state index contributed by atoms with van der Waals surface area (Å²) in [6.07, 6.45) is 3.57. The first kappa shape index (κ1) is 39.3. The highest BCUT2D eigenvalue weighted by Gasteiger charge is 2.49. The first-order chi connectivity index (χ1) is 25.7. The molecule has 5 rings (SSSR count). The van der Waals surface area contributed by atoms with Crippen LogP contribution in [0, 0.1) is 0 Å². The third kappa shape index (κ3) is 13.6. The Labute approximate surface area is 309 Å². The molecule has 1 fully saturated rings. The van der Waals surface area contributed by atoms with E-state index in [0.29, 0.717) is 39.5 Å². The molecule has 5 atom stereocenters. The van der Waals surface area contributed by atoms with Gasteiger partial charge >= 0.3 is 5.97 Å². The Hall–Kier alpha value is -3.89. The summed E-state index contributed by atoms with van der Waals surface area (Å²) in [5.41, 5.74) is 4.24. The van der Waals surface area contributed by atoms with Crippen molar-refractivity contribution in [2.75, 3.05) is 20.3 Å². The third-order valence-electron chi connectivity index (χ3n) is 9.13. The van der Waals surface area contributed by atoms with Crippen LogP contribution in [0.25, 0.3) is 0 Å². The minimum atomic E-state index is -0.702. The molecule has 1 aliphatic rings. The Morgan fingerprint density at radius 2 is 0.962 bits per heavy atom. The highest BCUT2D eigenvalue weighted by Crippen LogP contribution is 2.32. The maximum Gasteiger partial charge on any atom is 0.305 e. The summed E-state index contributed by atoms with van der Waals surface area (Å²) < 4.78 is 44.6. The normalized spacial score (nSPS) is 20.1. The van der Waals surface area contributed by atoms with Crippen LogP contribution in [-0.4, -0.2) is 57.0 Å². The molecule has 0 aliphatic carbocycles. The lowest BCUT2D eigenvalue weighted by atomic mass is 9.97. The molecule has 1 heterocycles. The molecule has 1 saturated heterocycles. The van der Waals surface area contributed by atoms with Gasteiger partial charge in [-0.25, -0.2) is 0 Å². The van der Waals surface area contributed by atoms with Gasteiger partial charge in [0.15, 0.2) is 6.29 Å². The fraction of sp³-hybridized carbons (Fsp3) is 0.432. The number of hydrogen-bond acceptors (Lipinski definition) is 8. The molecular weight excluding hydrogens is 656 g/mol. The number of hydrogen-bond donors (Lipinski definition) is 0. The van der Waals surface area contributed by atoms with Crippen LogP contribution in [0.3, 0.4) is 0 Å². The van der Waals surface area contributed by atoms with Crippen molar-refractivity contribution in [2.45, 2.75) is 102 Å². The Morgan fingerprint density at radius 1 is 0.519 bits per heavy atom. The lowest BCUT2D eigenvalue weighted by molar-refractivity contribution is -0.328. The van der Waals surface area contributed by atoms with E-state index < -0.39 is 30.7 Å². The van der Waals surface area contributed by atoms with Crippen molar-refractivity contribution in [3.8, 4) is 0 Å². The van der Waals surface area contributed by atoms with Crippen LogP contribution >= 0.6 is 0 Å². The predicted molar refractivity (Wildman–Crippen MR) is 200 cm³/mol. The maximum absolute atomic E-state index is 11.4. The van der Waals surface area contributed by atoms with Crippen LogP contribution in [0.1, 0.15) is 67.2 Å². The van der Waals surface area contributed by atoms with Crippen LogP contribution in [0.2, 0.25) is 0 Å². The van der Waals surface area contributed by atoms with Crippen LogP contribution in [-0.2, 0) is 64.4 Å². The summed E-state index contributed by atoms with van der Waals surface area (Å²) in [5, 5.41) is 0. The third-order valence-corrected chi connectivity index (χ3v) is 9.13. The Balaban J connectivity index is 1.32. The second kappa shape index (κ2) is 22.9. The van der Waals surface area contributed by atoms with E-state index in [0.717, 1.165) is 60.8 Å². The van der Waals surface area contributed by atoms with Crippen molar-refractivity contribution in [3.05, 3.63) is 144 Å². The van der Waals surface area contributed by atoms with Gasteiger partial charge in [0.05, 0.1) is 40.1 Å². The van der Waals surface area contributed by atoms with Crippen LogP contribution in [0.4, 0.5) is 0 Å². The number of rotatable bonds is 23. The van der Waals surface area contributed by atoms with Crippen molar-refractivity contribution in [1.29, 1.82) is 0 Å². The van der Waals surface area contributed by atoms with Gasteiger partial charge in [0.1, 0.15) is 24.4 Å². The molecule has 1 aliphatic heterocycles. The highest BCUT2D eigenvalue weighted by molar-refractivity contribution is 5.68. The smallest absolute Gasteiger partial charge is 0.305 e. The summed E-state index contributed by atoms with van der Waals surface area (Å²) in [5.74, 6) is -0.146. The fourth-order valence-electron chi connectivity index (χ4n) is 6.26. The molecular formula is C44H54O8. The monoisotopic (exact) mass is 710 g/mol. The van der Waals surface area contributed by atoms with Crippen molar-refractivity contribution < 1.29 is 38.0 Å². The van der Waals surface area contributed by atoms with Gasteiger partial charge in [0.2, 0.25) is 0 Å². The summed E-state index contributed by atoms with van der Waals surface area (Å²) >= 11 is 0. The zero-order valence-corrected chi connectivity index (χ0v) is 30.4. The zero-order chi connectivity index (χ0) is 36.1. The lowest BCUT2D eigenvalue weighted by Crippen LogP contribution is -2.61. The minimum Gasteiger partial charge on any atom is -0.469 e. The number of carbonyl (C=O) groups is 1. The van der Waals surface area contributed by atoms with E-state index in [4.69, 9.17) is 33.2 Å². The number of esters is 1. The highest BCUT2D eigenvalue weighted by atomic mass is 16.7. The first-order valence-electron chi connectivity index (χ1n) is 18.6. The van der Waals surface area contributed by atoms with Gasteiger partial charge in [0.25, 0.3) is 0 Å². The summed E-state index contributed by atoms with van der Waals surface area (Å²) in [4.78, 5) is 11.4. The second-order valence-corrected chi connectivity index (χ2v) is 13.1. The number of unbranched alkanes of at least 4 members (excludes halogenated alkanes) is 5. The van der Waals surface area contributed by atoms with Crippen molar-refractivity contribution >= 4 is 5.97 Å². The Kier molecular flexibility index (Phi) is 17.3. The maximum atomic E-state index is 11.4. The van der Waals surface area contributed by atoms with E-state index in [2.05, 4.69) is 36.4 Å². The first-order valence-corrected chi connectivity index (χ1v) is 18.6. The van der Waals surface area contributed by atoms with Gasteiger partial charge in [-0.2, -0.15) is 0 Å². The minimum absolute atomic E-state index is 0.146. The molecule has 0 aromatic heterocycles. The predicted octanol–water partition coefficient (Wildman–Crippen LogP) is 8.60. The lowest BCUT2D eigenvalue weighted by Gasteiger charge is -2.46. The largest absolute Gasteiger partial charge is 0.469 e. The Bertz CT molecular complexity index is 1500. The van der Waals surface area contributed by atoms with Crippen molar-refractivity contribution in [1.82, 2.24) is 0 Å². The van der Waals surface area contributed by atoms with Gasteiger partial charge in [-0.1, -0.05) is 147 Å². The van der Waals surface area contributed by atoms with Gasteiger partial charge < -0.3 is 33.2 Å². The van der Waals surface area contributed by atoms with Crippen molar-refractivity contribution in [3.63, 3.8) is 0 Å². The molecule has 8 nitrogen and oxygen atoms in total. The number of benzene rings is 4. The molecule has 278 valence electrons. The molecule has 52 heavy (non-hydrogen) atoms. The topological polar surface area (TPSA) is 81.7 Å². The van der Waals surface area contributed by atoms with E-state index in [1.807, 2.05) is 84.9 Å². The quantitative estimate of drug-likeness (QED) is 0.0560. The van der Waals surface area contributed by atoms with Crippen LogP contribution < -0.4 is 0 Å². The SMILES string of the molecule is COC(=O)CCCCCCCCO[C@H]1O[C@H](COCc2ccccc2)[C@@H](OCc2ccccc2)[C@H](OCc2ccccc2)[C@@H]1OCc1ccccc1. The molecule has 4 aromatic rings. The van der Waals surface area contributed by atoms with E-state index in [1.54, 1.807) is 0 Å². The second-order valence-electron chi connectivity index (χ2n) is 13.1. The molecule has 0 amide bonds. The molecule has 8 heteroatoms. The van der Waals surface area contributed by atoms with Crippen LogP contribution in [0.5, 0.6) is 0 Å². The molecule has 0 radical (unpaired) electrons. The molecule has 0 bridgehead atoms. The number of carbonyl (C=O) groups excluding carboxylic acids is 1. The van der Waals surface area contributed by atoms with Gasteiger partial charge in [0, 0.05) is 13.0 Å². The summed E-state index contributed by atoms with van der Waals surface area (Å²) in [7, 11) is 1.44. The average molecular weight is 711 g/mol. The average Bonchev–Trinajstić information content (AvgIpc) is 3.20. The standard InChI is InChI=1S/C44H54O8/c1-46-40(45)28-18-4-2-3-5-19-29-48-44-43(51-33-38-26-16-9-17-27-38)42(50-32-37-24-14-8-15-25-37)41(49-31-36-22-12-7-13-23-36)39(52-44)34-47-30-35-20-10-6-11-21-35/h6-17,20-27,39,41-44H,2-5,18-19,28-34H2,1H3/t39-,41-,42+,43+,44+/m1/s1. The van der Waals surface area contributed by atoms with E-state index in [9.17, 15) is 4.79 Å². The van der Waals surface area contributed by atoms with Crippen molar-refractivity contribution in [2.24, 2.45) is 0 Å². The van der Waals surface area contributed by atoms with Gasteiger partial charge in [-0.05, 0) is 35.1 Å². The summed E-state index contributed by atoms with van der Waals surface area (Å²) in [6, 6.07) is 40.5. The zero-order valence-electron chi connectivity index (χ0n) is 30.4.